The van der Waals surface area contributed by atoms with Gasteiger partial charge in [0.05, 0.1) is 18.9 Å². The minimum absolute atomic E-state index is 0. The third-order valence-electron chi connectivity index (χ3n) is 5.31. The molecule has 1 unspecified atom stereocenters. The monoisotopic (exact) mass is 408 g/mol. The molecule has 3 heteroatoms. The van der Waals surface area contributed by atoms with Crippen molar-refractivity contribution < 1.29 is 17.1 Å². The highest BCUT2D eigenvalue weighted by Crippen LogP contribution is 2.56. The highest BCUT2D eigenvalue weighted by Gasteiger charge is 2.45. The molecule has 0 saturated heterocycles. The second-order valence-electron chi connectivity index (χ2n) is 6.95. The molecule has 28 heavy (non-hydrogen) atoms. The maximum Gasteiger partial charge on any atom is 0.112 e. The Labute approximate surface area is 175 Å². The molecule has 1 heterocycles. The van der Waals surface area contributed by atoms with E-state index >= 15 is 0 Å². The lowest BCUT2D eigenvalue weighted by molar-refractivity contribution is -0.00000692. The molecule has 0 N–H and O–H groups in total. The Morgan fingerprint density at radius 1 is 0.714 bits per heavy atom. The van der Waals surface area contributed by atoms with Gasteiger partial charge >= 0.3 is 0 Å². The normalized spacial score (nSPS) is 16.4. The summed E-state index contributed by atoms with van der Waals surface area (Å²) in [6.07, 6.45) is 7.94. The van der Waals surface area contributed by atoms with Crippen LogP contribution in [0.3, 0.4) is 0 Å². The predicted octanol–water partition coefficient (Wildman–Crippen LogP) is 1.72. The number of halogens is 1. The van der Waals surface area contributed by atoms with E-state index in [-0.39, 0.29) is 18.5 Å². The Balaban J connectivity index is 0.00000225. The zero-order valence-corrected chi connectivity index (χ0v) is 17.6. The van der Waals surface area contributed by atoms with E-state index in [2.05, 4.69) is 103 Å². The molecule has 1 nitrogen and oxygen atoms in total. The molecule has 3 aromatic carbocycles. The molecule has 0 bridgehead atoms. The second kappa shape index (κ2) is 10.0. The van der Waals surface area contributed by atoms with E-state index in [4.69, 9.17) is 4.74 Å². The van der Waals surface area contributed by atoms with Crippen LogP contribution in [0.5, 0.6) is 0 Å². The van der Waals surface area contributed by atoms with Gasteiger partial charge in [0.25, 0.3) is 0 Å². The third kappa shape index (κ3) is 4.39. The highest BCUT2D eigenvalue weighted by molar-refractivity contribution is 7.95. The molecular formula is C25H26ClOP. The Bertz CT molecular complexity index is 768. The van der Waals surface area contributed by atoms with Gasteiger partial charge in [0.1, 0.15) is 23.2 Å². The molecule has 3 aromatic rings. The van der Waals surface area contributed by atoms with Gasteiger partial charge in [-0.3, -0.25) is 0 Å². The van der Waals surface area contributed by atoms with Crippen molar-refractivity contribution in [3.63, 3.8) is 0 Å². The van der Waals surface area contributed by atoms with Gasteiger partial charge in [0.15, 0.2) is 0 Å². The first-order valence-electron chi connectivity index (χ1n) is 9.73. The lowest BCUT2D eigenvalue weighted by Gasteiger charge is -2.29. The van der Waals surface area contributed by atoms with Crippen molar-refractivity contribution in [2.24, 2.45) is 0 Å². The minimum atomic E-state index is -1.73. The largest absolute Gasteiger partial charge is 1.00 e. The van der Waals surface area contributed by atoms with E-state index in [1.165, 1.54) is 15.9 Å². The van der Waals surface area contributed by atoms with Crippen LogP contribution in [-0.4, -0.2) is 18.9 Å². The maximum absolute atomic E-state index is 6.01. The summed E-state index contributed by atoms with van der Waals surface area (Å²) in [5.74, 6) is 0. The van der Waals surface area contributed by atoms with E-state index in [0.29, 0.717) is 0 Å². The van der Waals surface area contributed by atoms with Crippen molar-refractivity contribution in [1.82, 2.24) is 0 Å². The van der Waals surface area contributed by atoms with Gasteiger partial charge in [0.2, 0.25) is 0 Å². The molecule has 0 spiro atoms. The number of hydrogen-bond acceptors (Lipinski definition) is 1. The first-order chi connectivity index (χ1) is 13.4. The summed E-state index contributed by atoms with van der Waals surface area (Å²) in [7, 11) is -1.73. The summed E-state index contributed by atoms with van der Waals surface area (Å²) in [5, 5.41) is 4.34. The van der Waals surface area contributed by atoms with Gasteiger partial charge in [-0.1, -0.05) is 66.7 Å². The van der Waals surface area contributed by atoms with Gasteiger partial charge in [-0.2, -0.15) is 0 Å². The third-order valence-corrected chi connectivity index (χ3v) is 9.78. The second-order valence-corrected chi connectivity index (χ2v) is 10.6. The molecule has 4 rings (SSSR count). The molecule has 1 aliphatic heterocycles. The van der Waals surface area contributed by atoms with Gasteiger partial charge in [-0.15, -0.1) is 0 Å². The lowest BCUT2D eigenvalue weighted by atomic mass is 10.2. The number of rotatable bonds is 6. The average molecular weight is 409 g/mol. The van der Waals surface area contributed by atoms with Crippen LogP contribution < -0.4 is 28.3 Å². The first-order valence-corrected chi connectivity index (χ1v) is 11.7. The smallest absolute Gasteiger partial charge is 0.112 e. The fourth-order valence-corrected chi connectivity index (χ4v) is 8.33. The standard InChI is InChI=1S/C25H26OP.ClH/c1-4-13-23(14-5-1)27(24-15-6-2-7-16-24,25-17-8-3-9-18-25)21-19-22-12-10-11-20-26-22;/h1-10,12-18,22H,11,19-21H2;1H/q+1;/p-1. The molecule has 144 valence electrons. The van der Waals surface area contributed by atoms with Gasteiger partial charge < -0.3 is 17.1 Å². The van der Waals surface area contributed by atoms with Crippen LogP contribution in [0, 0.1) is 0 Å². The summed E-state index contributed by atoms with van der Waals surface area (Å²) in [4.78, 5) is 0. The van der Waals surface area contributed by atoms with Crippen LogP contribution in [0.15, 0.2) is 103 Å². The first kappa shape index (κ1) is 20.8. The van der Waals surface area contributed by atoms with E-state index in [1.807, 2.05) is 0 Å². The van der Waals surface area contributed by atoms with Gasteiger partial charge in [-0.05, 0) is 42.8 Å². The van der Waals surface area contributed by atoms with E-state index < -0.39 is 7.26 Å². The molecule has 0 aliphatic carbocycles. The number of benzene rings is 3. The summed E-state index contributed by atoms with van der Waals surface area (Å²) in [6.45, 7) is 0.842. The fraction of sp³-hybridized carbons (Fsp3) is 0.200. The summed E-state index contributed by atoms with van der Waals surface area (Å²) < 4.78 is 6.01. The van der Waals surface area contributed by atoms with Gasteiger partial charge in [-0.25, -0.2) is 0 Å². The van der Waals surface area contributed by atoms with Crippen molar-refractivity contribution >= 4 is 23.2 Å². The van der Waals surface area contributed by atoms with Crippen LogP contribution in [-0.2, 0) is 4.74 Å². The van der Waals surface area contributed by atoms with E-state index in [0.717, 1.165) is 25.6 Å². The molecular weight excluding hydrogens is 383 g/mol. The van der Waals surface area contributed by atoms with Crippen molar-refractivity contribution in [2.45, 2.75) is 18.9 Å². The molecule has 1 atom stereocenters. The predicted molar refractivity (Wildman–Crippen MR) is 118 cm³/mol. The maximum atomic E-state index is 6.01. The molecule has 0 radical (unpaired) electrons. The molecule has 0 aromatic heterocycles. The van der Waals surface area contributed by atoms with Gasteiger partial charge in [0, 0.05) is 6.42 Å². The average Bonchev–Trinajstić information content (AvgIpc) is 2.77. The fourth-order valence-electron chi connectivity index (χ4n) is 3.97. The number of ether oxygens (including phenoxy) is 1. The van der Waals surface area contributed by atoms with E-state index in [1.54, 1.807) is 0 Å². The molecule has 1 aliphatic rings. The van der Waals surface area contributed by atoms with Crippen molar-refractivity contribution in [1.29, 1.82) is 0 Å². The SMILES string of the molecule is C1=CC(CC[P+](c2ccccc2)(c2ccccc2)c2ccccc2)OCC1.[Cl-]. The lowest BCUT2D eigenvalue weighted by Crippen LogP contribution is -3.00. The molecule has 0 amide bonds. The Morgan fingerprint density at radius 3 is 1.57 bits per heavy atom. The van der Waals surface area contributed by atoms with Crippen molar-refractivity contribution in [3.05, 3.63) is 103 Å². The van der Waals surface area contributed by atoms with E-state index in [9.17, 15) is 0 Å². The van der Waals surface area contributed by atoms with Crippen LogP contribution in [0.25, 0.3) is 0 Å². The Kier molecular flexibility index (Phi) is 7.45. The summed E-state index contributed by atoms with van der Waals surface area (Å²) in [6, 6.07) is 33.2. The van der Waals surface area contributed by atoms with Crippen LogP contribution in [0.2, 0.25) is 0 Å². The zero-order valence-electron chi connectivity index (χ0n) is 16.0. The Morgan fingerprint density at radius 2 is 1.18 bits per heavy atom. The summed E-state index contributed by atoms with van der Waals surface area (Å²) in [5.41, 5.74) is 0. The zero-order chi connectivity index (χ0) is 18.4. The molecule has 0 saturated carbocycles. The quantitative estimate of drug-likeness (QED) is 0.446. The highest BCUT2D eigenvalue weighted by atomic mass is 35.5. The van der Waals surface area contributed by atoms with Crippen molar-refractivity contribution in [2.75, 3.05) is 12.8 Å². The van der Waals surface area contributed by atoms with Crippen molar-refractivity contribution in [3.8, 4) is 0 Å². The van der Waals surface area contributed by atoms with Crippen LogP contribution in [0.1, 0.15) is 12.8 Å². The van der Waals surface area contributed by atoms with Crippen LogP contribution >= 0.6 is 7.26 Å². The minimum Gasteiger partial charge on any atom is -1.00 e. The number of hydrogen-bond donors (Lipinski definition) is 0. The Hall–Kier alpha value is -1.92. The summed E-state index contributed by atoms with van der Waals surface area (Å²) >= 11 is 0. The molecule has 0 fully saturated rings. The topological polar surface area (TPSA) is 9.23 Å². The van der Waals surface area contributed by atoms with Crippen LogP contribution in [0.4, 0.5) is 0 Å².